The van der Waals surface area contributed by atoms with Crippen LogP contribution in [-0.2, 0) is 25.7 Å². The Morgan fingerprint density at radius 3 is 0.827 bits per heavy atom. The highest BCUT2D eigenvalue weighted by Crippen LogP contribution is 2.42. The lowest BCUT2D eigenvalue weighted by molar-refractivity contribution is -0.0431. The summed E-state index contributed by atoms with van der Waals surface area (Å²) in [6.45, 7) is 10.2. The van der Waals surface area contributed by atoms with Crippen molar-refractivity contribution in [2.75, 3.05) is 26.4 Å². The molecule has 280 valence electrons. The average Bonchev–Trinajstić information content (AvgIpc) is 3.09. The number of aliphatic hydroxyl groups excluding tert-OH is 2. The molecule has 8 bridgehead atoms. The maximum absolute atomic E-state index is 10.5. The van der Waals surface area contributed by atoms with Crippen molar-refractivity contribution in [2.45, 2.75) is 91.6 Å². The summed E-state index contributed by atoms with van der Waals surface area (Å²) in [5, 5.41) is 42.1. The van der Waals surface area contributed by atoms with E-state index in [-0.39, 0.29) is 0 Å². The molecule has 0 radical (unpaired) electrons. The smallest absolute Gasteiger partial charge is 0.178 e. The first kappa shape index (κ1) is 40.1. The molecule has 0 fully saturated rings. The van der Waals surface area contributed by atoms with E-state index in [1.54, 1.807) is 0 Å². The largest absolute Gasteiger partial charge is 0.493 e. The van der Waals surface area contributed by atoms with Crippen molar-refractivity contribution in [2.24, 2.45) is 0 Å². The third-order valence-electron chi connectivity index (χ3n) is 8.87. The Morgan fingerprint density at radius 1 is 0.423 bits per heavy atom. The van der Waals surface area contributed by atoms with E-state index in [1.807, 2.05) is 48.5 Å². The Kier molecular flexibility index (Phi) is 14.5. The molecule has 0 heterocycles. The Bertz CT molecular complexity index is 1610. The molecule has 4 aromatic rings. The second-order valence-electron chi connectivity index (χ2n) is 13.3. The number of aliphatic hydroxyl groups is 4. The predicted molar refractivity (Wildman–Crippen MR) is 210 cm³/mol. The number of hydrogen-bond acceptors (Lipinski definition) is 8. The van der Waals surface area contributed by atoms with Gasteiger partial charge < -0.3 is 39.4 Å². The normalized spacial score (nSPS) is 12.7. The molecule has 1 aliphatic carbocycles. The van der Waals surface area contributed by atoms with Gasteiger partial charge in [-0.15, -0.1) is 0 Å². The number of hydrogen-bond donors (Lipinski definition) is 4. The van der Waals surface area contributed by atoms with E-state index in [0.29, 0.717) is 74.7 Å². The lowest BCUT2D eigenvalue weighted by atomic mass is 9.89. The fourth-order valence-corrected chi connectivity index (χ4v) is 7.82. The van der Waals surface area contributed by atoms with Gasteiger partial charge in [0.2, 0.25) is 0 Å². The molecule has 0 saturated carbocycles. The van der Waals surface area contributed by atoms with Gasteiger partial charge in [0.15, 0.2) is 12.6 Å². The van der Waals surface area contributed by atoms with E-state index in [4.69, 9.17) is 18.9 Å². The maximum Gasteiger partial charge on any atom is 0.178 e. The summed E-state index contributed by atoms with van der Waals surface area (Å²) < 4.78 is 27.8. The van der Waals surface area contributed by atoms with Crippen LogP contribution in [0.5, 0.6) is 23.0 Å². The molecule has 8 nitrogen and oxygen atoms in total. The van der Waals surface area contributed by atoms with Crippen molar-refractivity contribution < 1.29 is 39.4 Å². The molecule has 4 N–H and O–H groups in total. The number of fused-ring (bicyclic) bond motifs is 8. The Hall–Kier alpha value is -3.12. The van der Waals surface area contributed by atoms with Crippen LogP contribution in [0.2, 0.25) is 0 Å². The van der Waals surface area contributed by atoms with Gasteiger partial charge in [0.25, 0.3) is 0 Å². The SMILES string of the molecule is CCCOc1c2cc(Br)cc1Cc1cc(C(O)O)cc(c1OCCC)Cc1cc(Br)cc(c1OCCC)Cc1cc(C(O)O)cc(c1OCCC)C2. The van der Waals surface area contributed by atoms with Gasteiger partial charge in [0.05, 0.1) is 26.4 Å². The van der Waals surface area contributed by atoms with Crippen molar-refractivity contribution in [1.29, 1.82) is 0 Å². The quantitative estimate of drug-likeness (QED) is 0.0820. The first-order valence-electron chi connectivity index (χ1n) is 18.2. The second kappa shape index (κ2) is 18.8. The summed E-state index contributed by atoms with van der Waals surface area (Å²) in [5.74, 6) is 2.84. The summed E-state index contributed by atoms with van der Waals surface area (Å²) >= 11 is 7.53. The van der Waals surface area contributed by atoms with Crippen LogP contribution in [0.1, 0.15) is 122 Å². The van der Waals surface area contributed by atoms with Gasteiger partial charge in [-0.2, -0.15) is 0 Å². The van der Waals surface area contributed by atoms with Gasteiger partial charge in [-0.1, -0.05) is 59.6 Å². The molecular weight excluding hydrogens is 792 g/mol. The van der Waals surface area contributed by atoms with Gasteiger partial charge in [-0.05, 0) is 96.5 Å². The number of ether oxygens (including phenoxy) is 4. The number of halogens is 2. The van der Waals surface area contributed by atoms with Gasteiger partial charge in [0.1, 0.15) is 23.0 Å². The molecule has 52 heavy (non-hydrogen) atoms. The Balaban J connectivity index is 1.89. The van der Waals surface area contributed by atoms with Crippen LogP contribution in [0.25, 0.3) is 0 Å². The highest BCUT2D eigenvalue weighted by Gasteiger charge is 2.25. The van der Waals surface area contributed by atoms with Crippen LogP contribution in [0.15, 0.2) is 57.5 Å². The van der Waals surface area contributed by atoms with E-state index < -0.39 is 12.6 Å². The molecule has 0 aromatic heterocycles. The fraction of sp³-hybridized carbons (Fsp3) is 0.429. The minimum absolute atomic E-state index is 0.371. The van der Waals surface area contributed by atoms with Gasteiger partial charge in [-0.3, -0.25) is 0 Å². The zero-order valence-corrected chi connectivity index (χ0v) is 33.6. The highest BCUT2D eigenvalue weighted by molar-refractivity contribution is 9.10. The minimum atomic E-state index is -1.69. The van der Waals surface area contributed by atoms with Crippen LogP contribution < -0.4 is 18.9 Å². The third-order valence-corrected chi connectivity index (χ3v) is 9.78. The van der Waals surface area contributed by atoms with E-state index in [2.05, 4.69) is 59.6 Å². The van der Waals surface area contributed by atoms with E-state index in [1.165, 1.54) is 0 Å². The first-order chi connectivity index (χ1) is 25.1. The summed E-state index contributed by atoms with van der Waals surface area (Å²) in [4.78, 5) is 0. The lowest BCUT2D eigenvalue weighted by Gasteiger charge is -2.24. The summed E-state index contributed by atoms with van der Waals surface area (Å²) in [5.41, 5.74) is 7.54. The van der Waals surface area contributed by atoms with Crippen molar-refractivity contribution in [1.82, 2.24) is 0 Å². The second-order valence-corrected chi connectivity index (χ2v) is 15.1. The van der Waals surface area contributed by atoms with Gasteiger partial charge >= 0.3 is 0 Å². The Morgan fingerprint density at radius 2 is 0.635 bits per heavy atom. The van der Waals surface area contributed by atoms with Gasteiger partial charge in [0, 0.05) is 68.0 Å². The van der Waals surface area contributed by atoms with Crippen LogP contribution in [0.4, 0.5) is 0 Å². The molecule has 0 atom stereocenters. The molecule has 5 rings (SSSR count). The van der Waals surface area contributed by atoms with E-state index in [9.17, 15) is 20.4 Å². The lowest BCUT2D eigenvalue weighted by Crippen LogP contribution is -2.12. The van der Waals surface area contributed by atoms with Crippen LogP contribution >= 0.6 is 31.9 Å². The minimum Gasteiger partial charge on any atom is -0.493 e. The molecule has 0 amide bonds. The van der Waals surface area contributed by atoms with Crippen molar-refractivity contribution in [3.8, 4) is 23.0 Å². The van der Waals surface area contributed by atoms with E-state index in [0.717, 1.165) is 90.6 Å². The fourth-order valence-electron chi connectivity index (χ4n) is 6.71. The summed E-state index contributed by atoms with van der Waals surface area (Å²) in [6.07, 6.45) is 1.38. The zero-order valence-electron chi connectivity index (χ0n) is 30.4. The Labute approximate surface area is 324 Å². The molecule has 10 heteroatoms. The monoisotopic (exact) mass is 840 g/mol. The molecule has 0 spiro atoms. The number of rotatable bonds is 14. The molecule has 0 aliphatic heterocycles. The molecule has 1 aliphatic rings. The van der Waals surface area contributed by atoms with Crippen molar-refractivity contribution >= 4 is 31.9 Å². The van der Waals surface area contributed by atoms with Gasteiger partial charge in [-0.25, -0.2) is 0 Å². The molecular formula is C42H50Br2O8. The number of benzene rings is 4. The highest BCUT2D eigenvalue weighted by atomic mass is 79.9. The first-order valence-corrected chi connectivity index (χ1v) is 19.8. The van der Waals surface area contributed by atoms with Crippen molar-refractivity contribution in [3.05, 3.63) is 113 Å². The third kappa shape index (κ3) is 9.70. The average molecular weight is 843 g/mol. The van der Waals surface area contributed by atoms with Crippen molar-refractivity contribution in [3.63, 3.8) is 0 Å². The summed E-state index contributed by atoms with van der Waals surface area (Å²) in [6, 6.07) is 15.4. The van der Waals surface area contributed by atoms with E-state index >= 15 is 0 Å². The molecule has 0 saturated heterocycles. The molecule has 4 aromatic carbocycles. The summed E-state index contributed by atoms with van der Waals surface area (Å²) in [7, 11) is 0. The zero-order chi connectivity index (χ0) is 37.4. The maximum atomic E-state index is 10.5. The predicted octanol–water partition coefficient (Wildman–Crippen LogP) is 9.01. The standard InChI is InChI=1S/C42H50Br2O8/c1-5-9-49-37-25-13-29-21-35(43)23-31(39(29)51-11-7-3)15-27-19-34(42(47)48)20-28(38(27)50-10-6-2)16-32-24-36(44)22-30(40(32)52-12-8-4)14-26(37)18-33(17-25)41(45)46/h17-24,41-42,45-48H,5-16H2,1-4H3. The topological polar surface area (TPSA) is 118 Å². The van der Waals surface area contributed by atoms with Crippen LogP contribution in [-0.4, -0.2) is 46.9 Å². The van der Waals surface area contributed by atoms with Crippen LogP contribution in [0, 0.1) is 0 Å². The molecule has 0 unspecified atom stereocenters. The van der Waals surface area contributed by atoms with Crippen LogP contribution in [0.3, 0.4) is 0 Å².